The molecule has 25 heavy (non-hydrogen) atoms. The van der Waals surface area contributed by atoms with Crippen LogP contribution in [-0.2, 0) is 6.42 Å². The van der Waals surface area contributed by atoms with Crippen molar-refractivity contribution in [2.75, 3.05) is 20.2 Å². The molecule has 0 aliphatic carbocycles. The maximum Gasteiger partial charge on any atom is 0.119 e. The van der Waals surface area contributed by atoms with Gasteiger partial charge in [-0.15, -0.1) is 11.3 Å². The fourth-order valence-electron chi connectivity index (χ4n) is 3.07. The minimum absolute atomic E-state index is 0.706. The highest BCUT2D eigenvalue weighted by Gasteiger charge is 2.09. The van der Waals surface area contributed by atoms with E-state index in [1.165, 1.54) is 65.8 Å². The summed E-state index contributed by atoms with van der Waals surface area (Å²) in [6.07, 6.45) is 9.33. The molecule has 138 valence electrons. The van der Waals surface area contributed by atoms with E-state index in [4.69, 9.17) is 4.74 Å². The molecule has 0 bridgehead atoms. The summed E-state index contributed by atoms with van der Waals surface area (Å²) in [7, 11) is 1.94. The van der Waals surface area contributed by atoms with E-state index in [2.05, 4.69) is 49.5 Å². The SMILES string of the molecule is CCCCCCCCc1cc(C)sc1-c1ccc(OCCNC)cc1. The van der Waals surface area contributed by atoms with Crippen molar-refractivity contribution < 1.29 is 4.74 Å². The average molecular weight is 360 g/mol. The molecule has 3 heteroatoms. The van der Waals surface area contributed by atoms with Crippen molar-refractivity contribution in [3.05, 3.63) is 40.8 Å². The quantitative estimate of drug-likeness (QED) is 0.454. The zero-order valence-electron chi connectivity index (χ0n) is 16.1. The summed E-state index contributed by atoms with van der Waals surface area (Å²) in [6, 6.07) is 11.0. The highest BCUT2D eigenvalue weighted by molar-refractivity contribution is 7.15. The van der Waals surface area contributed by atoms with Crippen molar-refractivity contribution in [2.45, 2.75) is 58.8 Å². The van der Waals surface area contributed by atoms with Crippen LogP contribution >= 0.6 is 11.3 Å². The molecule has 0 fully saturated rings. The Morgan fingerprint density at radius 1 is 1.00 bits per heavy atom. The van der Waals surface area contributed by atoms with Gasteiger partial charge in [-0.2, -0.15) is 0 Å². The molecule has 0 unspecified atom stereocenters. The lowest BCUT2D eigenvalue weighted by Gasteiger charge is -2.08. The van der Waals surface area contributed by atoms with E-state index in [0.717, 1.165) is 12.3 Å². The van der Waals surface area contributed by atoms with Crippen LogP contribution < -0.4 is 10.1 Å². The molecule has 0 saturated carbocycles. The standard InChI is InChI=1S/C22H33NOS/c1-4-5-6-7-8-9-10-20-17-18(2)25-22(20)19-11-13-21(14-12-19)24-16-15-23-3/h11-14,17,23H,4-10,15-16H2,1-3H3. The maximum atomic E-state index is 5.73. The van der Waals surface area contributed by atoms with Crippen molar-refractivity contribution >= 4 is 11.3 Å². The lowest BCUT2D eigenvalue weighted by molar-refractivity contribution is 0.318. The van der Waals surface area contributed by atoms with Gasteiger partial charge in [-0.3, -0.25) is 0 Å². The number of ether oxygens (including phenoxy) is 1. The van der Waals surface area contributed by atoms with Gasteiger partial charge in [0.15, 0.2) is 0 Å². The second-order valence-electron chi connectivity index (χ2n) is 6.71. The van der Waals surface area contributed by atoms with Crippen molar-refractivity contribution in [2.24, 2.45) is 0 Å². The predicted octanol–water partition coefficient (Wildman–Crippen LogP) is 6.22. The van der Waals surface area contributed by atoms with Crippen molar-refractivity contribution in [3.8, 4) is 16.2 Å². The summed E-state index contributed by atoms with van der Waals surface area (Å²) in [5, 5.41) is 3.10. The molecular formula is C22H33NOS. The van der Waals surface area contributed by atoms with Gasteiger partial charge < -0.3 is 10.1 Å². The van der Waals surface area contributed by atoms with Gasteiger partial charge in [0.25, 0.3) is 0 Å². The van der Waals surface area contributed by atoms with E-state index in [1.54, 1.807) is 0 Å². The van der Waals surface area contributed by atoms with E-state index in [1.807, 2.05) is 18.4 Å². The van der Waals surface area contributed by atoms with Gasteiger partial charge in [0.2, 0.25) is 0 Å². The number of nitrogens with one attached hydrogen (secondary N) is 1. The largest absolute Gasteiger partial charge is 0.492 e. The number of rotatable bonds is 12. The van der Waals surface area contributed by atoms with Crippen molar-refractivity contribution in [1.29, 1.82) is 0 Å². The Kier molecular flexibility index (Phi) is 9.06. The van der Waals surface area contributed by atoms with Gasteiger partial charge in [0.05, 0.1) is 0 Å². The minimum atomic E-state index is 0.706. The Balaban J connectivity index is 1.92. The Morgan fingerprint density at radius 2 is 1.72 bits per heavy atom. The number of unbranched alkanes of at least 4 members (excludes halogenated alkanes) is 5. The predicted molar refractivity (Wildman–Crippen MR) is 111 cm³/mol. The average Bonchev–Trinajstić information content (AvgIpc) is 2.99. The molecule has 0 saturated heterocycles. The van der Waals surface area contributed by atoms with Crippen LogP contribution in [0.25, 0.3) is 10.4 Å². The first-order valence-electron chi connectivity index (χ1n) is 9.71. The number of hydrogen-bond donors (Lipinski definition) is 1. The first kappa shape index (κ1) is 20.0. The lowest BCUT2D eigenvalue weighted by atomic mass is 10.0. The first-order chi connectivity index (χ1) is 12.2. The summed E-state index contributed by atoms with van der Waals surface area (Å²) in [5.74, 6) is 0.949. The zero-order chi connectivity index (χ0) is 17.9. The molecule has 0 spiro atoms. The van der Waals surface area contributed by atoms with Crippen LogP contribution in [0.3, 0.4) is 0 Å². The van der Waals surface area contributed by atoms with E-state index in [0.29, 0.717) is 6.61 Å². The molecule has 1 heterocycles. The molecule has 1 aromatic carbocycles. The van der Waals surface area contributed by atoms with Crippen LogP contribution in [-0.4, -0.2) is 20.2 Å². The summed E-state index contributed by atoms with van der Waals surface area (Å²) in [5.41, 5.74) is 2.84. The van der Waals surface area contributed by atoms with Crippen LogP contribution in [0, 0.1) is 6.92 Å². The normalized spacial score (nSPS) is 11.0. The highest BCUT2D eigenvalue weighted by Crippen LogP contribution is 2.34. The Morgan fingerprint density at radius 3 is 2.44 bits per heavy atom. The van der Waals surface area contributed by atoms with Gasteiger partial charge in [-0.25, -0.2) is 0 Å². The van der Waals surface area contributed by atoms with Crippen LogP contribution in [0.4, 0.5) is 0 Å². The smallest absolute Gasteiger partial charge is 0.119 e. The zero-order valence-corrected chi connectivity index (χ0v) is 16.9. The van der Waals surface area contributed by atoms with E-state index in [9.17, 15) is 0 Å². The number of aryl methyl sites for hydroxylation is 2. The van der Waals surface area contributed by atoms with Gasteiger partial charge in [-0.1, -0.05) is 39.0 Å². The second kappa shape index (κ2) is 11.3. The van der Waals surface area contributed by atoms with Crippen LogP contribution in [0.1, 0.15) is 55.9 Å². The molecule has 2 rings (SSSR count). The minimum Gasteiger partial charge on any atom is -0.492 e. The maximum absolute atomic E-state index is 5.73. The van der Waals surface area contributed by atoms with Gasteiger partial charge >= 0.3 is 0 Å². The molecular weight excluding hydrogens is 326 g/mol. The topological polar surface area (TPSA) is 21.3 Å². The third-order valence-corrected chi connectivity index (χ3v) is 5.61. The van der Waals surface area contributed by atoms with E-state index >= 15 is 0 Å². The van der Waals surface area contributed by atoms with Crippen LogP contribution in [0.2, 0.25) is 0 Å². The number of hydrogen-bond acceptors (Lipinski definition) is 3. The van der Waals surface area contributed by atoms with E-state index in [-0.39, 0.29) is 0 Å². The van der Waals surface area contributed by atoms with Crippen molar-refractivity contribution in [1.82, 2.24) is 5.32 Å². The molecule has 2 nitrogen and oxygen atoms in total. The molecule has 0 radical (unpaired) electrons. The highest BCUT2D eigenvalue weighted by atomic mass is 32.1. The lowest BCUT2D eigenvalue weighted by Crippen LogP contribution is -2.15. The second-order valence-corrected chi connectivity index (χ2v) is 7.96. The van der Waals surface area contributed by atoms with Gasteiger partial charge in [0.1, 0.15) is 12.4 Å². The molecule has 0 aliphatic heterocycles. The molecule has 0 aliphatic rings. The fraction of sp³-hybridized carbons (Fsp3) is 0.545. The van der Waals surface area contributed by atoms with Gasteiger partial charge in [-0.05, 0) is 68.3 Å². The summed E-state index contributed by atoms with van der Waals surface area (Å²) in [6.45, 7) is 6.07. The van der Waals surface area contributed by atoms with Crippen LogP contribution in [0.15, 0.2) is 30.3 Å². The van der Waals surface area contributed by atoms with Crippen LogP contribution in [0.5, 0.6) is 5.75 Å². The number of benzene rings is 1. The summed E-state index contributed by atoms with van der Waals surface area (Å²) >= 11 is 1.92. The molecule has 2 aromatic rings. The molecule has 0 amide bonds. The number of thiophene rings is 1. The third kappa shape index (κ3) is 6.83. The molecule has 1 N–H and O–H groups in total. The third-order valence-electron chi connectivity index (χ3n) is 4.47. The van der Waals surface area contributed by atoms with Crippen molar-refractivity contribution in [3.63, 3.8) is 0 Å². The Labute approximate surface area is 157 Å². The Bertz CT molecular complexity index is 603. The first-order valence-corrected chi connectivity index (χ1v) is 10.5. The monoisotopic (exact) mass is 359 g/mol. The van der Waals surface area contributed by atoms with Gasteiger partial charge in [0, 0.05) is 16.3 Å². The molecule has 0 atom stereocenters. The number of likely N-dealkylation sites (N-methyl/N-ethyl adjacent to an activating group) is 1. The summed E-state index contributed by atoms with van der Waals surface area (Å²) in [4.78, 5) is 2.85. The Hall–Kier alpha value is -1.32. The molecule has 1 aromatic heterocycles. The fourth-order valence-corrected chi connectivity index (χ4v) is 4.14. The van der Waals surface area contributed by atoms with E-state index < -0.39 is 0 Å². The summed E-state index contributed by atoms with van der Waals surface area (Å²) < 4.78 is 5.73.